The van der Waals surface area contributed by atoms with E-state index >= 15 is 0 Å². The fraction of sp³-hybridized carbons (Fsp3) is 0.474. The molecule has 182 valence electrons. The minimum absolute atomic E-state index is 0.100. The lowest BCUT2D eigenvalue weighted by molar-refractivity contribution is -0.144. The molecule has 3 rings (SSSR count). The van der Waals surface area contributed by atoms with Crippen molar-refractivity contribution in [1.29, 1.82) is 0 Å². The van der Waals surface area contributed by atoms with E-state index in [0.717, 1.165) is 30.7 Å². The highest BCUT2D eigenvalue weighted by Gasteiger charge is 2.30. The third-order valence-corrected chi connectivity index (χ3v) is 8.80. The molecule has 1 heterocycles. The van der Waals surface area contributed by atoms with Gasteiger partial charge in [0.05, 0.1) is 33.5 Å². The van der Waals surface area contributed by atoms with Crippen LogP contribution in [0.1, 0.15) is 37.1 Å². The maximum Gasteiger partial charge on any atom is 0.327 e. The van der Waals surface area contributed by atoms with Gasteiger partial charge in [-0.05, 0) is 44.4 Å². The number of carbonyl (C=O) groups excluding carboxylic acids is 1. The molecule has 1 aromatic heterocycles. The quantitative estimate of drug-likeness (QED) is 0.493. The normalized spacial score (nSPS) is 16.9. The maximum absolute atomic E-state index is 13.1. The topological polar surface area (TPSA) is 159 Å². The minimum atomic E-state index is -4.30. The number of carbonyl (C=O) groups is 1. The molecule has 0 saturated heterocycles. The van der Waals surface area contributed by atoms with Gasteiger partial charge in [-0.25, -0.2) is 30.0 Å². The lowest BCUT2D eigenvalue weighted by Crippen LogP contribution is -2.31. The standard InChI is InChI=1S/C19H25N3O8S3/c1-4-30-19(23)12-22-18-7-5-6-17(16(18)11-20-22)21-33(28,29)15-9-13(31(2,24)25)8-14(10-15)32(3,26)27/h8-11,17,21H,4-7,12H2,1-3H3/t17-/m0/s1. The van der Waals surface area contributed by atoms with E-state index in [4.69, 9.17) is 4.74 Å². The second-order valence-electron chi connectivity index (χ2n) is 7.76. The summed E-state index contributed by atoms with van der Waals surface area (Å²) in [5, 5.41) is 4.19. The molecule has 1 N–H and O–H groups in total. The summed E-state index contributed by atoms with van der Waals surface area (Å²) in [4.78, 5) is 10.5. The van der Waals surface area contributed by atoms with Crippen molar-refractivity contribution in [2.24, 2.45) is 0 Å². The zero-order valence-corrected chi connectivity index (χ0v) is 20.8. The largest absolute Gasteiger partial charge is 0.465 e. The number of hydrogen-bond donors (Lipinski definition) is 1. The van der Waals surface area contributed by atoms with Gasteiger partial charge in [-0.1, -0.05) is 0 Å². The van der Waals surface area contributed by atoms with Crippen LogP contribution >= 0.6 is 0 Å². The molecule has 1 aromatic carbocycles. The average Bonchev–Trinajstić information content (AvgIpc) is 3.10. The highest BCUT2D eigenvalue weighted by Crippen LogP contribution is 2.32. The van der Waals surface area contributed by atoms with Crippen LogP contribution in [0.4, 0.5) is 0 Å². The lowest BCUT2D eigenvalue weighted by Gasteiger charge is -2.24. The van der Waals surface area contributed by atoms with Gasteiger partial charge in [0.25, 0.3) is 0 Å². The summed E-state index contributed by atoms with van der Waals surface area (Å²) in [5.74, 6) is -0.461. The Balaban J connectivity index is 1.97. The van der Waals surface area contributed by atoms with Gasteiger partial charge in [0.1, 0.15) is 6.54 Å². The van der Waals surface area contributed by atoms with E-state index in [2.05, 4.69) is 9.82 Å². The van der Waals surface area contributed by atoms with Gasteiger partial charge in [0.15, 0.2) is 19.7 Å². The number of ether oxygens (including phenoxy) is 1. The first-order valence-electron chi connectivity index (χ1n) is 10.00. The zero-order chi connectivity index (χ0) is 24.6. The van der Waals surface area contributed by atoms with Crippen LogP contribution in [-0.4, -0.2) is 60.1 Å². The first-order chi connectivity index (χ1) is 15.2. The molecular weight excluding hydrogens is 494 g/mol. The van der Waals surface area contributed by atoms with Crippen LogP contribution in [-0.2, 0) is 52.2 Å². The summed E-state index contributed by atoms with van der Waals surface area (Å²) in [6.45, 7) is 1.82. The van der Waals surface area contributed by atoms with Crippen molar-refractivity contribution in [3.8, 4) is 0 Å². The molecule has 0 amide bonds. The van der Waals surface area contributed by atoms with E-state index < -0.39 is 56.4 Å². The van der Waals surface area contributed by atoms with E-state index in [0.29, 0.717) is 30.5 Å². The summed E-state index contributed by atoms with van der Waals surface area (Å²) in [6, 6.07) is 2.11. The van der Waals surface area contributed by atoms with Gasteiger partial charge in [0, 0.05) is 23.8 Å². The number of sulfonamides is 1. The summed E-state index contributed by atoms with van der Waals surface area (Å²) in [6.07, 6.45) is 4.87. The Morgan fingerprint density at radius 3 is 2.18 bits per heavy atom. The molecule has 0 fully saturated rings. The van der Waals surface area contributed by atoms with Crippen molar-refractivity contribution in [2.45, 2.75) is 53.5 Å². The van der Waals surface area contributed by atoms with Crippen LogP contribution in [0.3, 0.4) is 0 Å². The predicted molar refractivity (Wildman–Crippen MR) is 118 cm³/mol. The minimum Gasteiger partial charge on any atom is -0.465 e. The molecule has 1 aliphatic carbocycles. The second-order valence-corrected chi connectivity index (χ2v) is 13.5. The Morgan fingerprint density at radius 1 is 1.06 bits per heavy atom. The molecule has 1 aliphatic rings. The molecule has 0 bridgehead atoms. The Bertz CT molecular complexity index is 1340. The van der Waals surface area contributed by atoms with Crippen LogP contribution < -0.4 is 4.72 Å². The van der Waals surface area contributed by atoms with Crippen LogP contribution in [0.2, 0.25) is 0 Å². The zero-order valence-electron chi connectivity index (χ0n) is 18.3. The van der Waals surface area contributed by atoms with Gasteiger partial charge in [-0.2, -0.15) is 5.10 Å². The summed E-state index contributed by atoms with van der Waals surface area (Å²) >= 11 is 0. The van der Waals surface area contributed by atoms with Crippen molar-refractivity contribution < 1.29 is 34.8 Å². The lowest BCUT2D eigenvalue weighted by atomic mass is 9.94. The van der Waals surface area contributed by atoms with E-state index in [1.807, 2.05) is 0 Å². The first-order valence-corrected chi connectivity index (χ1v) is 15.3. The number of nitrogens with one attached hydrogen (secondary N) is 1. The summed E-state index contributed by atoms with van der Waals surface area (Å²) in [7, 11) is -12.1. The number of aromatic nitrogens is 2. The molecule has 1 atom stereocenters. The third-order valence-electron chi connectivity index (χ3n) is 5.16. The predicted octanol–water partition coefficient (Wildman–Crippen LogP) is 0.609. The van der Waals surface area contributed by atoms with E-state index in [-0.39, 0.29) is 13.2 Å². The van der Waals surface area contributed by atoms with Crippen molar-refractivity contribution in [1.82, 2.24) is 14.5 Å². The average molecular weight is 520 g/mol. The fourth-order valence-electron chi connectivity index (χ4n) is 3.59. The molecule has 33 heavy (non-hydrogen) atoms. The monoisotopic (exact) mass is 519 g/mol. The Morgan fingerprint density at radius 2 is 1.64 bits per heavy atom. The van der Waals surface area contributed by atoms with Gasteiger partial charge in [-0.15, -0.1) is 0 Å². The van der Waals surface area contributed by atoms with Crippen LogP contribution in [0.25, 0.3) is 0 Å². The molecule has 0 radical (unpaired) electrons. The molecule has 0 saturated carbocycles. The van der Waals surface area contributed by atoms with Gasteiger partial charge < -0.3 is 4.74 Å². The van der Waals surface area contributed by atoms with E-state index in [1.54, 1.807) is 6.92 Å². The highest BCUT2D eigenvalue weighted by molar-refractivity contribution is 7.92. The molecule has 11 nitrogen and oxygen atoms in total. The second kappa shape index (κ2) is 9.16. The summed E-state index contributed by atoms with van der Waals surface area (Å²) < 4.78 is 83.3. The van der Waals surface area contributed by atoms with Crippen LogP contribution in [0.5, 0.6) is 0 Å². The van der Waals surface area contributed by atoms with E-state index in [1.165, 1.54) is 10.9 Å². The SMILES string of the molecule is CCOC(=O)Cn1ncc2c1CCC[C@@H]2NS(=O)(=O)c1cc(S(C)(=O)=O)cc(S(C)(=O)=O)c1. The third kappa shape index (κ3) is 5.80. The van der Waals surface area contributed by atoms with Crippen molar-refractivity contribution in [3.63, 3.8) is 0 Å². The number of sulfone groups is 2. The van der Waals surface area contributed by atoms with Gasteiger partial charge in [-0.3, -0.25) is 9.48 Å². The number of esters is 1. The molecule has 0 unspecified atom stereocenters. The first kappa shape index (κ1) is 25.3. The Labute approximate surface area is 193 Å². The number of fused-ring (bicyclic) bond motifs is 1. The van der Waals surface area contributed by atoms with Crippen LogP contribution in [0.15, 0.2) is 39.1 Å². The summed E-state index contributed by atoms with van der Waals surface area (Å²) in [5.41, 5.74) is 1.29. The number of rotatable bonds is 8. The van der Waals surface area contributed by atoms with Gasteiger partial charge in [0.2, 0.25) is 10.0 Å². The number of benzene rings is 1. The Hall–Kier alpha value is -2.29. The van der Waals surface area contributed by atoms with Gasteiger partial charge >= 0.3 is 5.97 Å². The van der Waals surface area contributed by atoms with Crippen molar-refractivity contribution >= 4 is 35.7 Å². The number of hydrogen-bond acceptors (Lipinski definition) is 9. The van der Waals surface area contributed by atoms with Crippen molar-refractivity contribution in [2.75, 3.05) is 19.1 Å². The van der Waals surface area contributed by atoms with Crippen LogP contribution in [0, 0.1) is 0 Å². The molecule has 0 aliphatic heterocycles. The molecule has 0 spiro atoms. The highest BCUT2D eigenvalue weighted by atomic mass is 32.2. The smallest absolute Gasteiger partial charge is 0.327 e. The maximum atomic E-state index is 13.1. The molecule has 14 heteroatoms. The van der Waals surface area contributed by atoms with E-state index in [9.17, 15) is 30.0 Å². The Kier molecular flexibility index (Phi) is 7.03. The molecular formula is C19H25N3O8S3. The number of nitrogens with zero attached hydrogens (tertiary/aromatic N) is 2. The molecule has 2 aromatic rings. The van der Waals surface area contributed by atoms with Crippen molar-refractivity contribution in [3.05, 3.63) is 35.7 Å². The fourth-order valence-corrected chi connectivity index (χ4v) is 6.50.